The fourth-order valence-electron chi connectivity index (χ4n) is 5.01. The number of carbonyl (C=O) groups is 1. The molecule has 9 heteroatoms. The summed E-state index contributed by atoms with van der Waals surface area (Å²) in [6.07, 6.45) is 6.79. The highest BCUT2D eigenvalue weighted by molar-refractivity contribution is 5.83. The van der Waals surface area contributed by atoms with Gasteiger partial charge < -0.3 is 15.2 Å². The maximum Gasteiger partial charge on any atom is 0.222 e. The van der Waals surface area contributed by atoms with Crippen molar-refractivity contribution >= 4 is 28.7 Å². The minimum Gasteiger partial charge on any atom is -0.340 e. The van der Waals surface area contributed by atoms with Crippen LogP contribution < -0.4 is 5.32 Å². The largest absolute Gasteiger partial charge is 0.340 e. The standard InChI is InChI=1S/C28H32N8O/c1-18(35-11-13-36(14-12-35)27(37)15-20-3-4-20)21-7-9-30-26(17-21)34-28-32-24-6-5-22(16-25(24)33-28)23-8-10-29-19(2)31-23/h5-10,16-18,20H,3-4,11-15H2,1-2H3,(H2,30,32,33,34). The quantitative estimate of drug-likeness (QED) is 0.389. The van der Waals surface area contributed by atoms with E-state index in [0.717, 1.165) is 66.5 Å². The summed E-state index contributed by atoms with van der Waals surface area (Å²) in [7, 11) is 0. The average Bonchev–Trinajstić information content (AvgIpc) is 3.64. The first kappa shape index (κ1) is 23.5. The Bertz CT molecular complexity index is 1420. The lowest BCUT2D eigenvalue weighted by Gasteiger charge is -2.38. The van der Waals surface area contributed by atoms with Gasteiger partial charge in [-0.1, -0.05) is 6.07 Å². The van der Waals surface area contributed by atoms with Gasteiger partial charge in [0.2, 0.25) is 11.9 Å². The number of aryl methyl sites for hydroxylation is 1. The number of imidazole rings is 1. The molecule has 2 fully saturated rings. The number of hydrogen-bond acceptors (Lipinski definition) is 7. The van der Waals surface area contributed by atoms with Crippen LogP contribution in [0.3, 0.4) is 0 Å². The van der Waals surface area contributed by atoms with Crippen molar-refractivity contribution in [2.24, 2.45) is 5.92 Å². The number of aromatic nitrogens is 5. The molecule has 1 amide bonds. The highest BCUT2D eigenvalue weighted by Crippen LogP contribution is 2.33. The summed E-state index contributed by atoms with van der Waals surface area (Å²) in [6.45, 7) is 7.50. The number of amides is 1. The first-order chi connectivity index (χ1) is 18.0. The van der Waals surface area contributed by atoms with E-state index in [2.05, 4.69) is 60.3 Å². The van der Waals surface area contributed by atoms with Crippen LogP contribution in [-0.4, -0.2) is 66.8 Å². The molecule has 1 atom stereocenters. The van der Waals surface area contributed by atoms with Crippen LogP contribution in [0.2, 0.25) is 0 Å². The Kier molecular flexibility index (Phi) is 6.30. The number of pyridine rings is 1. The van der Waals surface area contributed by atoms with Crippen LogP contribution in [0.25, 0.3) is 22.3 Å². The van der Waals surface area contributed by atoms with E-state index >= 15 is 0 Å². The van der Waals surface area contributed by atoms with E-state index in [4.69, 9.17) is 0 Å². The van der Waals surface area contributed by atoms with Crippen molar-refractivity contribution in [1.82, 2.24) is 34.7 Å². The number of anilines is 2. The van der Waals surface area contributed by atoms with E-state index in [1.807, 2.05) is 36.2 Å². The van der Waals surface area contributed by atoms with Crippen molar-refractivity contribution in [1.29, 1.82) is 0 Å². The third kappa shape index (κ3) is 5.32. The molecule has 4 heterocycles. The molecule has 0 radical (unpaired) electrons. The second-order valence-corrected chi connectivity index (χ2v) is 10.1. The van der Waals surface area contributed by atoms with Crippen molar-refractivity contribution in [3.05, 3.63) is 60.2 Å². The molecule has 1 aliphatic carbocycles. The fourth-order valence-corrected chi connectivity index (χ4v) is 5.01. The maximum absolute atomic E-state index is 12.5. The van der Waals surface area contributed by atoms with Gasteiger partial charge in [0, 0.05) is 56.6 Å². The summed E-state index contributed by atoms with van der Waals surface area (Å²) in [6, 6.07) is 12.4. The molecule has 1 unspecified atom stereocenters. The summed E-state index contributed by atoms with van der Waals surface area (Å²) in [5.41, 5.74) is 4.88. The predicted molar refractivity (Wildman–Crippen MR) is 143 cm³/mol. The number of hydrogen-bond donors (Lipinski definition) is 2. The Hall–Kier alpha value is -3.85. The van der Waals surface area contributed by atoms with E-state index in [1.165, 1.54) is 18.4 Å². The summed E-state index contributed by atoms with van der Waals surface area (Å²) in [4.78, 5) is 38.2. The number of aromatic amines is 1. The molecule has 6 rings (SSSR count). The zero-order valence-electron chi connectivity index (χ0n) is 21.3. The highest BCUT2D eigenvalue weighted by Gasteiger charge is 2.29. The number of H-pyrrole nitrogens is 1. The van der Waals surface area contributed by atoms with Gasteiger partial charge in [0.1, 0.15) is 11.6 Å². The number of fused-ring (bicyclic) bond motifs is 1. The molecule has 1 saturated carbocycles. The van der Waals surface area contributed by atoms with Crippen LogP contribution in [-0.2, 0) is 4.79 Å². The minimum absolute atomic E-state index is 0.235. The summed E-state index contributed by atoms with van der Waals surface area (Å²) < 4.78 is 0. The summed E-state index contributed by atoms with van der Waals surface area (Å²) in [5, 5.41) is 3.33. The molecule has 1 saturated heterocycles. The van der Waals surface area contributed by atoms with Crippen molar-refractivity contribution in [3.8, 4) is 11.3 Å². The van der Waals surface area contributed by atoms with Gasteiger partial charge >= 0.3 is 0 Å². The first-order valence-electron chi connectivity index (χ1n) is 13.1. The lowest BCUT2D eigenvalue weighted by molar-refractivity contribution is -0.133. The molecule has 2 N–H and O–H groups in total. The van der Waals surface area contributed by atoms with Gasteiger partial charge in [0.25, 0.3) is 0 Å². The van der Waals surface area contributed by atoms with Gasteiger partial charge in [-0.3, -0.25) is 9.69 Å². The number of benzene rings is 1. The molecule has 0 spiro atoms. The molecule has 1 aliphatic heterocycles. The van der Waals surface area contributed by atoms with E-state index < -0.39 is 0 Å². The number of nitrogens with zero attached hydrogens (tertiary/aromatic N) is 6. The zero-order valence-corrected chi connectivity index (χ0v) is 21.3. The molecular formula is C28H32N8O. The smallest absolute Gasteiger partial charge is 0.222 e. The number of carbonyl (C=O) groups excluding carboxylic acids is 1. The Morgan fingerprint density at radius 2 is 1.86 bits per heavy atom. The van der Waals surface area contributed by atoms with Crippen LogP contribution in [0.5, 0.6) is 0 Å². The number of nitrogens with one attached hydrogen (secondary N) is 2. The van der Waals surface area contributed by atoms with E-state index in [0.29, 0.717) is 17.8 Å². The fraction of sp³-hybridized carbons (Fsp3) is 0.393. The monoisotopic (exact) mass is 496 g/mol. The number of piperazine rings is 1. The maximum atomic E-state index is 12.5. The molecule has 0 bridgehead atoms. The van der Waals surface area contributed by atoms with Gasteiger partial charge in [0.05, 0.1) is 16.7 Å². The SMILES string of the molecule is Cc1nccc(-c2ccc3nc(Nc4cc(C(C)N5CCN(C(=O)CC6CC6)CC5)ccn4)[nH]c3c2)n1. The van der Waals surface area contributed by atoms with Gasteiger partial charge in [0.15, 0.2) is 0 Å². The van der Waals surface area contributed by atoms with E-state index in [9.17, 15) is 4.79 Å². The minimum atomic E-state index is 0.235. The summed E-state index contributed by atoms with van der Waals surface area (Å²) in [5.74, 6) is 3.10. The topological polar surface area (TPSA) is 103 Å². The highest BCUT2D eigenvalue weighted by atomic mass is 16.2. The van der Waals surface area contributed by atoms with Crippen molar-refractivity contribution in [2.45, 2.75) is 39.2 Å². The molecule has 4 aromatic rings. The second-order valence-electron chi connectivity index (χ2n) is 10.1. The Labute approximate surface area is 216 Å². The Morgan fingerprint density at radius 3 is 2.65 bits per heavy atom. The lowest BCUT2D eigenvalue weighted by atomic mass is 10.1. The zero-order chi connectivity index (χ0) is 25.4. The van der Waals surface area contributed by atoms with Gasteiger partial charge in [-0.2, -0.15) is 0 Å². The molecular weight excluding hydrogens is 464 g/mol. The lowest BCUT2D eigenvalue weighted by Crippen LogP contribution is -2.49. The van der Waals surface area contributed by atoms with Crippen LogP contribution in [0.4, 0.5) is 11.8 Å². The van der Waals surface area contributed by atoms with E-state index in [1.54, 1.807) is 6.20 Å². The third-order valence-electron chi connectivity index (χ3n) is 7.44. The van der Waals surface area contributed by atoms with E-state index in [-0.39, 0.29) is 6.04 Å². The molecule has 37 heavy (non-hydrogen) atoms. The van der Waals surface area contributed by atoms with Crippen LogP contribution in [0, 0.1) is 12.8 Å². The molecule has 1 aromatic carbocycles. The van der Waals surface area contributed by atoms with Gasteiger partial charge in [-0.15, -0.1) is 0 Å². The third-order valence-corrected chi connectivity index (χ3v) is 7.44. The molecule has 9 nitrogen and oxygen atoms in total. The average molecular weight is 497 g/mol. The Balaban J connectivity index is 1.12. The van der Waals surface area contributed by atoms with Crippen molar-refractivity contribution < 1.29 is 4.79 Å². The predicted octanol–water partition coefficient (Wildman–Crippen LogP) is 4.47. The first-order valence-corrected chi connectivity index (χ1v) is 13.1. The summed E-state index contributed by atoms with van der Waals surface area (Å²) >= 11 is 0. The van der Waals surface area contributed by atoms with Crippen LogP contribution in [0.15, 0.2) is 48.8 Å². The van der Waals surface area contributed by atoms with Crippen molar-refractivity contribution in [3.63, 3.8) is 0 Å². The van der Waals surface area contributed by atoms with Gasteiger partial charge in [-0.05, 0) is 68.5 Å². The molecule has 2 aliphatic rings. The molecule has 190 valence electrons. The second kappa shape index (κ2) is 9.89. The number of rotatable bonds is 7. The normalized spacial score (nSPS) is 17.2. The van der Waals surface area contributed by atoms with Crippen molar-refractivity contribution in [2.75, 3.05) is 31.5 Å². The van der Waals surface area contributed by atoms with Crippen LogP contribution in [0.1, 0.15) is 43.6 Å². The van der Waals surface area contributed by atoms with Crippen LogP contribution >= 0.6 is 0 Å². The Morgan fingerprint density at radius 1 is 1.05 bits per heavy atom. The molecule has 3 aromatic heterocycles. The van der Waals surface area contributed by atoms with Gasteiger partial charge in [-0.25, -0.2) is 19.9 Å².